The summed E-state index contributed by atoms with van der Waals surface area (Å²) in [6.45, 7) is 3.80. The van der Waals surface area contributed by atoms with Crippen molar-refractivity contribution in [3.63, 3.8) is 0 Å². The van der Waals surface area contributed by atoms with Crippen LogP contribution in [0.25, 0.3) is 11.5 Å². The van der Waals surface area contributed by atoms with Crippen molar-refractivity contribution in [1.29, 1.82) is 0 Å². The Bertz CT molecular complexity index is 706. The minimum Gasteiger partial charge on any atom is -0.336 e. The van der Waals surface area contributed by atoms with E-state index in [9.17, 15) is 4.79 Å². The molecule has 0 radical (unpaired) electrons. The summed E-state index contributed by atoms with van der Waals surface area (Å²) in [6, 6.07) is 7.08. The topological polar surface area (TPSA) is 106 Å². The molecule has 122 valence electrons. The van der Waals surface area contributed by atoms with Crippen LogP contribution < -0.4 is 16.4 Å². The van der Waals surface area contributed by atoms with Gasteiger partial charge < -0.3 is 20.9 Å². The first-order valence-electron chi connectivity index (χ1n) is 7.78. The van der Waals surface area contributed by atoms with Crippen molar-refractivity contribution in [3.8, 4) is 11.5 Å². The Morgan fingerprint density at radius 2 is 2.09 bits per heavy atom. The number of carbonyl (C=O) groups excluding carboxylic acids is 1. The summed E-state index contributed by atoms with van der Waals surface area (Å²) in [5.41, 5.74) is 7.04. The molecule has 1 aliphatic carbocycles. The SMILES string of the molecule is CC(C)NC(=O)Nc1ccccc1-c1nc(C2(N)CCC2)no1. The molecule has 0 saturated heterocycles. The van der Waals surface area contributed by atoms with E-state index in [4.69, 9.17) is 10.3 Å². The average molecular weight is 315 g/mol. The van der Waals surface area contributed by atoms with Crippen LogP contribution in [-0.2, 0) is 5.54 Å². The van der Waals surface area contributed by atoms with E-state index in [0.29, 0.717) is 23.0 Å². The molecule has 0 unspecified atom stereocenters. The summed E-state index contributed by atoms with van der Waals surface area (Å²) in [5, 5.41) is 9.60. The zero-order valence-corrected chi connectivity index (χ0v) is 13.3. The molecule has 4 N–H and O–H groups in total. The van der Waals surface area contributed by atoms with Gasteiger partial charge in [0.2, 0.25) is 0 Å². The zero-order valence-electron chi connectivity index (χ0n) is 13.3. The molecule has 3 rings (SSSR count). The molecule has 2 amide bonds. The molecule has 1 aliphatic rings. The van der Waals surface area contributed by atoms with E-state index in [0.717, 1.165) is 19.3 Å². The zero-order chi connectivity index (χ0) is 16.4. The number of urea groups is 1. The number of nitrogens with zero attached hydrogens (tertiary/aromatic N) is 2. The maximum Gasteiger partial charge on any atom is 0.319 e. The van der Waals surface area contributed by atoms with E-state index in [1.807, 2.05) is 32.0 Å². The predicted octanol–water partition coefficient (Wildman–Crippen LogP) is 2.60. The Morgan fingerprint density at radius 1 is 1.35 bits per heavy atom. The van der Waals surface area contributed by atoms with Gasteiger partial charge in [0.1, 0.15) is 0 Å². The van der Waals surface area contributed by atoms with Crippen molar-refractivity contribution in [2.75, 3.05) is 5.32 Å². The van der Waals surface area contributed by atoms with Gasteiger partial charge in [-0.05, 0) is 45.2 Å². The van der Waals surface area contributed by atoms with Crippen molar-refractivity contribution >= 4 is 11.7 Å². The summed E-state index contributed by atoms with van der Waals surface area (Å²) in [4.78, 5) is 16.3. The summed E-state index contributed by atoms with van der Waals surface area (Å²) >= 11 is 0. The second-order valence-corrected chi connectivity index (χ2v) is 6.23. The highest BCUT2D eigenvalue weighted by molar-refractivity contribution is 5.93. The van der Waals surface area contributed by atoms with Crippen LogP contribution >= 0.6 is 0 Å². The lowest BCUT2D eigenvalue weighted by atomic mass is 9.77. The molecule has 1 aromatic heterocycles. The molecule has 1 heterocycles. The van der Waals surface area contributed by atoms with E-state index in [-0.39, 0.29) is 12.1 Å². The third kappa shape index (κ3) is 3.19. The Labute approximate surface area is 134 Å². The number of hydrogen-bond donors (Lipinski definition) is 3. The largest absolute Gasteiger partial charge is 0.336 e. The van der Waals surface area contributed by atoms with Gasteiger partial charge in [-0.15, -0.1) is 0 Å². The number of nitrogens with one attached hydrogen (secondary N) is 2. The maximum atomic E-state index is 11.9. The number of para-hydroxylation sites is 1. The molecule has 23 heavy (non-hydrogen) atoms. The van der Waals surface area contributed by atoms with E-state index in [1.54, 1.807) is 6.07 Å². The van der Waals surface area contributed by atoms with Crippen molar-refractivity contribution in [3.05, 3.63) is 30.1 Å². The number of nitrogens with two attached hydrogens (primary N) is 1. The lowest BCUT2D eigenvalue weighted by Crippen LogP contribution is -2.44. The fourth-order valence-corrected chi connectivity index (χ4v) is 2.52. The summed E-state index contributed by atoms with van der Waals surface area (Å²) in [7, 11) is 0. The number of carbonyl (C=O) groups is 1. The number of aromatic nitrogens is 2. The lowest BCUT2D eigenvalue weighted by molar-refractivity contribution is 0.229. The lowest BCUT2D eigenvalue weighted by Gasteiger charge is -2.34. The van der Waals surface area contributed by atoms with Crippen LogP contribution in [0.5, 0.6) is 0 Å². The Kier molecular flexibility index (Phi) is 4.04. The molecule has 7 heteroatoms. The number of rotatable bonds is 4. The van der Waals surface area contributed by atoms with E-state index >= 15 is 0 Å². The molecule has 1 aromatic carbocycles. The fourth-order valence-electron chi connectivity index (χ4n) is 2.52. The average Bonchev–Trinajstić information content (AvgIpc) is 2.94. The number of benzene rings is 1. The van der Waals surface area contributed by atoms with Crippen LogP contribution in [0.3, 0.4) is 0 Å². The van der Waals surface area contributed by atoms with Gasteiger partial charge in [-0.1, -0.05) is 17.3 Å². The van der Waals surface area contributed by atoms with Crippen LogP contribution in [0.15, 0.2) is 28.8 Å². The molecule has 7 nitrogen and oxygen atoms in total. The van der Waals surface area contributed by atoms with Crippen molar-refractivity contribution < 1.29 is 9.32 Å². The number of amides is 2. The van der Waals surface area contributed by atoms with E-state index in [1.165, 1.54) is 0 Å². The molecule has 0 atom stereocenters. The standard InChI is InChI=1S/C16H21N5O2/c1-10(2)18-15(22)19-12-7-4-3-6-11(12)13-20-14(21-23-13)16(17)8-5-9-16/h3-4,6-7,10H,5,8-9,17H2,1-2H3,(H2,18,19,22). The third-order valence-corrected chi connectivity index (χ3v) is 3.94. The predicted molar refractivity (Wildman–Crippen MR) is 86.7 cm³/mol. The van der Waals surface area contributed by atoms with Gasteiger partial charge >= 0.3 is 6.03 Å². The molecule has 1 saturated carbocycles. The smallest absolute Gasteiger partial charge is 0.319 e. The van der Waals surface area contributed by atoms with Gasteiger partial charge in [0.25, 0.3) is 5.89 Å². The second kappa shape index (κ2) is 6.00. The second-order valence-electron chi connectivity index (χ2n) is 6.23. The van der Waals surface area contributed by atoms with Crippen LogP contribution in [0, 0.1) is 0 Å². The van der Waals surface area contributed by atoms with Gasteiger partial charge in [-0.2, -0.15) is 4.98 Å². The maximum absolute atomic E-state index is 11.9. The first-order chi connectivity index (χ1) is 11.0. The van der Waals surface area contributed by atoms with Gasteiger partial charge in [0.05, 0.1) is 16.8 Å². The van der Waals surface area contributed by atoms with Gasteiger partial charge in [0, 0.05) is 6.04 Å². The van der Waals surface area contributed by atoms with Crippen LogP contribution in [-0.4, -0.2) is 22.2 Å². The number of hydrogen-bond acceptors (Lipinski definition) is 5. The highest BCUT2D eigenvalue weighted by Gasteiger charge is 2.39. The summed E-state index contributed by atoms with van der Waals surface area (Å²) in [6.07, 6.45) is 2.80. The highest BCUT2D eigenvalue weighted by atomic mass is 16.5. The molecule has 0 aliphatic heterocycles. The third-order valence-electron chi connectivity index (χ3n) is 3.94. The first kappa shape index (κ1) is 15.5. The molecule has 0 bridgehead atoms. The summed E-state index contributed by atoms with van der Waals surface area (Å²) in [5.74, 6) is 0.886. The molecule has 2 aromatic rings. The normalized spacial score (nSPS) is 16.0. The van der Waals surface area contributed by atoms with E-state index < -0.39 is 5.54 Å². The Hall–Kier alpha value is -2.41. The summed E-state index contributed by atoms with van der Waals surface area (Å²) < 4.78 is 5.36. The monoisotopic (exact) mass is 315 g/mol. The minimum atomic E-state index is -0.473. The van der Waals surface area contributed by atoms with Crippen molar-refractivity contribution in [1.82, 2.24) is 15.5 Å². The van der Waals surface area contributed by atoms with Gasteiger partial charge in [-0.3, -0.25) is 0 Å². The minimum absolute atomic E-state index is 0.0490. The van der Waals surface area contributed by atoms with E-state index in [2.05, 4.69) is 20.8 Å². The molecule has 0 spiro atoms. The number of anilines is 1. The van der Waals surface area contributed by atoms with Gasteiger partial charge in [0.15, 0.2) is 5.82 Å². The van der Waals surface area contributed by atoms with Crippen LogP contribution in [0.2, 0.25) is 0 Å². The van der Waals surface area contributed by atoms with Crippen LogP contribution in [0.1, 0.15) is 38.9 Å². The Morgan fingerprint density at radius 3 is 2.74 bits per heavy atom. The molecular formula is C16H21N5O2. The highest BCUT2D eigenvalue weighted by Crippen LogP contribution is 2.38. The van der Waals surface area contributed by atoms with Crippen molar-refractivity contribution in [2.45, 2.75) is 44.7 Å². The fraction of sp³-hybridized carbons (Fsp3) is 0.438. The van der Waals surface area contributed by atoms with Crippen LogP contribution in [0.4, 0.5) is 10.5 Å². The Balaban J connectivity index is 1.84. The quantitative estimate of drug-likeness (QED) is 0.804. The van der Waals surface area contributed by atoms with Crippen molar-refractivity contribution in [2.24, 2.45) is 5.73 Å². The molecular weight excluding hydrogens is 294 g/mol. The molecule has 1 fully saturated rings. The first-order valence-corrected chi connectivity index (χ1v) is 7.78. The van der Waals surface area contributed by atoms with Gasteiger partial charge in [-0.25, -0.2) is 4.79 Å².